The molecule has 0 atom stereocenters. The molecule has 0 saturated heterocycles. The minimum Gasteiger partial charge on any atom is -0.343 e. The van der Waals surface area contributed by atoms with Crippen LogP contribution < -0.4 is 5.49 Å². The summed E-state index contributed by atoms with van der Waals surface area (Å²) in [6, 6.07) is 35.1. The van der Waals surface area contributed by atoms with Crippen molar-refractivity contribution in [3.8, 4) is 0 Å². The van der Waals surface area contributed by atoms with Crippen LogP contribution in [-0.2, 0) is 6.42 Å². The fourth-order valence-corrected chi connectivity index (χ4v) is 3.69. The van der Waals surface area contributed by atoms with Crippen LogP contribution >= 0.6 is 0 Å². The van der Waals surface area contributed by atoms with Gasteiger partial charge in [-0.25, -0.2) is 4.99 Å². The van der Waals surface area contributed by atoms with Crippen molar-refractivity contribution in [1.82, 2.24) is 4.98 Å². The summed E-state index contributed by atoms with van der Waals surface area (Å²) >= 11 is 0. The van der Waals surface area contributed by atoms with E-state index in [0.29, 0.717) is 6.42 Å². The number of pyridine rings is 1. The van der Waals surface area contributed by atoms with Crippen molar-refractivity contribution in [2.24, 2.45) is 9.98 Å². The lowest BCUT2D eigenvalue weighted by Crippen LogP contribution is -2.08. The van der Waals surface area contributed by atoms with Gasteiger partial charge in [-0.3, -0.25) is 4.99 Å². The molecule has 1 heterocycles. The second-order valence-corrected chi connectivity index (χ2v) is 7.19. The van der Waals surface area contributed by atoms with Crippen LogP contribution in [0, 0.1) is 0 Å². The third kappa shape index (κ3) is 3.78. The van der Waals surface area contributed by atoms with E-state index in [1.807, 2.05) is 54.7 Å². The Hall–Kier alpha value is -3.98. The van der Waals surface area contributed by atoms with E-state index >= 15 is 0 Å². The van der Waals surface area contributed by atoms with Gasteiger partial charge in [-0.1, -0.05) is 78.9 Å². The molecule has 1 N–H and O–H groups in total. The highest BCUT2D eigenvalue weighted by molar-refractivity contribution is 5.94. The lowest BCUT2D eigenvalue weighted by atomic mass is 10.1. The van der Waals surface area contributed by atoms with Crippen molar-refractivity contribution in [3.63, 3.8) is 0 Å². The molecule has 3 heteroatoms. The zero-order valence-electron chi connectivity index (χ0n) is 16.5. The first-order valence-electron chi connectivity index (χ1n) is 10.1. The first-order valence-corrected chi connectivity index (χ1v) is 10.1. The first kappa shape index (κ1) is 18.1. The summed E-state index contributed by atoms with van der Waals surface area (Å²) in [6.45, 7) is 0. The number of hydrogen-bond donors (Lipinski definition) is 1. The highest BCUT2D eigenvalue weighted by Crippen LogP contribution is 2.26. The maximum Gasteiger partial charge on any atom is 0.130 e. The van der Waals surface area contributed by atoms with Crippen molar-refractivity contribution >= 4 is 39.1 Å². The number of rotatable bonds is 4. The molecule has 0 fully saturated rings. The van der Waals surface area contributed by atoms with Gasteiger partial charge in [0, 0.05) is 29.1 Å². The third-order valence-corrected chi connectivity index (χ3v) is 5.16. The molecule has 0 aliphatic carbocycles. The minimum atomic E-state index is 0.710. The Morgan fingerprint density at radius 2 is 1.20 bits per heavy atom. The van der Waals surface area contributed by atoms with Gasteiger partial charge in [0.15, 0.2) is 0 Å². The van der Waals surface area contributed by atoms with Crippen LogP contribution in [0.25, 0.3) is 21.5 Å². The molecule has 4 aromatic carbocycles. The van der Waals surface area contributed by atoms with Crippen LogP contribution in [0.1, 0.15) is 5.69 Å². The molecule has 144 valence electrons. The number of nitrogens with zero attached hydrogens (tertiary/aromatic N) is 2. The van der Waals surface area contributed by atoms with Crippen molar-refractivity contribution in [1.29, 1.82) is 0 Å². The third-order valence-electron chi connectivity index (χ3n) is 5.16. The zero-order chi connectivity index (χ0) is 20.2. The van der Waals surface area contributed by atoms with E-state index in [4.69, 9.17) is 9.98 Å². The van der Waals surface area contributed by atoms with Crippen molar-refractivity contribution in [3.05, 3.63) is 114 Å². The smallest absolute Gasteiger partial charge is 0.130 e. The molecule has 0 amide bonds. The van der Waals surface area contributed by atoms with Gasteiger partial charge in [-0.15, -0.1) is 0 Å². The number of benzene rings is 4. The Bertz CT molecular complexity index is 1420. The van der Waals surface area contributed by atoms with Gasteiger partial charge in [0.2, 0.25) is 0 Å². The van der Waals surface area contributed by atoms with Gasteiger partial charge in [-0.05, 0) is 35.0 Å². The van der Waals surface area contributed by atoms with Crippen LogP contribution in [-0.4, -0.2) is 11.2 Å². The Morgan fingerprint density at radius 1 is 0.600 bits per heavy atom. The summed E-state index contributed by atoms with van der Waals surface area (Å²) in [5.74, 6) is 0. The fraction of sp³-hybridized carbons (Fsp3) is 0.0370. The van der Waals surface area contributed by atoms with E-state index in [0.717, 1.165) is 27.9 Å². The monoisotopic (exact) mass is 387 g/mol. The standard InChI is InChI=1S/C27H21N3/c1-3-13-23-20(8-1)10-5-15-25(23)28-19-18-22-12-7-17-27(29-22)30-26-16-6-11-21-9-2-4-14-24(21)26/h1-17,19H,18H2,(H,29,30). The quantitative estimate of drug-likeness (QED) is 0.342. The second-order valence-electron chi connectivity index (χ2n) is 7.19. The van der Waals surface area contributed by atoms with Crippen molar-refractivity contribution in [2.45, 2.75) is 6.42 Å². The average Bonchev–Trinajstić information content (AvgIpc) is 2.80. The Balaban J connectivity index is 1.42. The summed E-state index contributed by atoms with van der Waals surface area (Å²) in [5.41, 5.74) is 3.86. The average molecular weight is 387 g/mol. The molecular formula is C27H21N3. The number of fused-ring (bicyclic) bond motifs is 2. The molecule has 0 aliphatic heterocycles. The maximum atomic E-state index is 4.84. The van der Waals surface area contributed by atoms with E-state index < -0.39 is 0 Å². The first-order chi connectivity index (χ1) is 14.9. The summed E-state index contributed by atoms with van der Waals surface area (Å²) < 4.78 is 0. The van der Waals surface area contributed by atoms with Crippen LogP contribution in [0.4, 0.5) is 11.4 Å². The van der Waals surface area contributed by atoms with Gasteiger partial charge < -0.3 is 4.98 Å². The highest BCUT2D eigenvalue weighted by Gasteiger charge is 1.99. The van der Waals surface area contributed by atoms with Crippen LogP contribution in [0.2, 0.25) is 0 Å². The summed E-state index contributed by atoms with van der Waals surface area (Å²) in [5, 5.41) is 4.71. The molecule has 0 spiro atoms. The number of aromatic amines is 1. The van der Waals surface area contributed by atoms with E-state index in [2.05, 4.69) is 59.6 Å². The molecule has 0 bridgehead atoms. The molecule has 3 nitrogen and oxygen atoms in total. The van der Waals surface area contributed by atoms with E-state index in [1.54, 1.807) is 0 Å². The second kappa shape index (κ2) is 8.18. The molecule has 30 heavy (non-hydrogen) atoms. The Labute approximate surface area is 175 Å². The molecule has 0 radical (unpaired) electrons. The van der Waals surface area contributed by atoms with Gasteiger partial charge in [-0.2, -0.15) is 0 Å². The van der Waals surface area contributed by atoms with Crippen LogP contribution in [0.3, 0.4) is 0 Å². The number of hydrogen-bond acceptors (Lipinski definition) is 2. The molecule has 0 saturated carbocycles. The van der Waals surface area contributed by atoms with Crippen LogP contribution in [0.5, 0.6) is 0 Å². The molecular weight excluding hydrogens is 366 g/mol. The number of nitrogens with one attached hydrogen (secondary N) is 1. The highest BCUT2D eigenvalue weighted by atomic mass is 14.8. The Morgan fingerprint density at radius 3 is 1.97 bits per heavy atom. The van der Waals surface area contributed by atoms with Gasteiger partial charge in [0.1, 0.15) is 5.49 Å². The number of H-pyrrole nitrogens is 1. The predicted octanol–water partition coefficient (Wildman–Crippen LogP) is 6.50. The Kier molecular flexibility index (Phi) is 4.93. The van der Waals surface area contributed by atoms with Crippen LogP contribution in [0.15, 0.2) is 113 Å². The summed E-state index contributed by atoms with van der Waals surface area (Å²) in [6.07, 6.45) is 2.66. The number of aliphatic imine (C=N–C) groups is 1. The fourth-order valence-electron chi connectivity index (χ4n) is 3.69. The van der Waals surface area contributed by atoms with E-state index in [-0.39, 0.29) is 0 Å². The lowest BCUT2D eigenvalue weighted by molar-refractivity contribution is 1.06. The van der Waals surface area contributed by atoms with E-state index in [1.165, 1.54) is 16.2 Å². The summed E-state index contributed by atoms with van der Waals surface area (Å²) in [7, 11) is 0. The SMILES string of the molecule is C(Cc1cccc(=Nc2cccc3ccccc23)[nH]1)=Nc1cccc2ccccc12. The normalized spacial score (nSPS) is 12.2. The molecule has 0 unspecified atom stereocenters. The number of aromatic nitrogens is 1. The zero-order valence-corrected chi connectivity index (χ0v) is 16.5. The predicted molar refractivity (Wildman–Crippen MR) is 126 cm³/mol. The molecule has 1 aromatic heterocycles. The maximum absolute atomic E-state index is 4.84. The topological polar surface area (TPSA) is 40.5 Å². The molecule has 5 aromatic rings. The molecule has 0 aliphatic rings. The van der Waals surface area contributed by atoms with Crippen molar-refractivity contribution in [2.75, 3.05) is 0 Å². The lowest BCUT2D eigenvalue weighted by Gasteiger charge is -2.03. The largest absolute Gasteiger partial charge is 0.343 e. The van der Waals surface area contributed by atoms with Crippen molar-refractivity contribution < 1.29 is 0 Å². The van der Waals surface area contributed by atoms with Gasteiger partial charge in [0.25, 0.3) is 0 Å². The minimum absolute atomic E-state index is 0.710. The summed E-state index contributed by atoms with van der Waals surface area (Å²) in [4.78, 5) is 13.0. The molecule has 5 rings (SSSR count). The van der Waals surface area contributed by atoms with E-state index in [9.17, 15) is 0 Å². The van der Waals surface area contributed by atoms with Gasteiger partial charge in [0.05, 0.1) is 11.4 Å². The van der Waals surface area contributed by atoms with Gasteiger partial charge >= 0.3 is 0 Å².